The molecule has 7 atom stereocenters. The Morgan fingerprint density at radius 3 is 2.59 bits per heavy atom. The molecule has 0 amide bonds. The molecule has 0 unspecified atom stereocenters. The second-order valence-electron chi connectivity index (χ2n) is 8.03. The summed E-state index contributed by atoms with van der Waals surface area (Å²) in [5.74, 6) is -1.62. The van der Waals surface area contributed by atoms with E-state index in [9.17, 15) is 19.5 Å². The first-order valence-electron chi connectivity index (χ1n) is 9.18. The number of benzene rings is 1. The normalized spacial score (nSPS) is 36.7. The molecule has 3 fully saturated rings. The number of rotatable bonds is 1. The van der Waals surface area contributed by atoms with Crippen LogP contribution in [0.2, 0.25) is 0 Å². The number of phenols is 1. The molecule has 0 spiro atoms. The van der Waals surface area contributed by atoms with E-state index in [1.165, 1.54) is 0 Å². The molecular weight excluding hydrogens is 546 g/mol. The smallest absolute Gasteiger partial charge is 0.317 e. The van der Waals surface area contributed by atoms with Crippen molar-refractivity contribution in [2.75, 3.05) is 0 Å². The van der Waals surface area contributed by atoms with Crippen LogP contribution in [0.5, 0.6) is 5.75 Å². The number of aromatic amines is 1. The third kappa shape index (κ3) is 2.43. The fraction of sp³-hybridized carbons (Fsp3) is 0.421. The SMILES string of the molecule is O=C1OC(=O)[C@@H]2[C@H]3C[C@H]([C@@H]12)[C@@H]1[C@@H](c2cc(Br)cc(Br)c2O)c2sc(=O)[nH]c2S[C@@H]31. The number of nitrogens with one attached hydrogen (secondary N) is 1. The molecule has 6 nitrogen and oxygen atoms in total. The van der Waals surface area contributed by atoms with E-state index < -0.39 is 17.9 Å². The number of fused-ring (bicyclic) bond motifs is 9. The predicted octanol–water partition coefficient (Wildman–Crippen LogP) is 3.85. The number of hydrogen-bond donors (Lipinski definition) is 2. The third-order valence-corrected chi connectivity index (χ3v) is 10.5. The summed E-state index contributed by atoms with van der Waals surface area (Å²) in [6.07, 6.45) is 0.796. The van der Waals surface area contributed by atoms with Gasteiger partial charge in [-0.1, -0.05) is 27.3 Å². The first kappa shape index (κ1) is 18.7. The van der Waals surface area contributed by atoms with E-state index in [0.29, 0.717) is 4.47 Å². The van der Waals surface area contributed by atoms with Crippen LogP contribution < -0.4 is 4.87 Å². The van der Waals surface area contributed by atoms with Gasteiger partial charge in [-0.15, -0.1) is 11.8 Å². The zero-order valence-corrected chi connectivity index (χ0v) is 19.4. The van der Waals surface area contributed by atoms with Gasteiger partial charge in [-0.25, -0.2) is 0 Å². The van der Waals surface area contributed by atoms with Gasteiger partial charge >= 0.3 is 16.8 Å². The van der Waals surface area contributed by atoms with Gasteiger partial charge in [0, 0.05) is 26.1 Å². The Hall–Kier alpha value is -1.10. The van der Waals surface area contributed by atoms with Crippen LogP contribution in [0, 0.1) is 29.6 Å². The summed E-state index contributed by atoms with van der Waals surface area (Å²) in [5.41, 5.74) is 0.722. The van der Waals surface area contributed by atoms with Crippen molar-refractivity contribution in [3.8, 4) is 5.75 Å². The molecular formula is C19H13Br2NO5S2. The number of aromatic hydroxyl groups is 1. The third-order valence-electron chi connectivity index (χ3n) is 6.85. The van der Waals surface area contributed by atoms with Gasteiger partial charge in [-0.05, 0) is 52.2 Å². The molecule has 2 saturated carbocycles. The van der Waals surface area contributed by atoms with Crippen molar-refractivity contribution < 1.29 is 19.4 Å². The number of carbonyl (C=O) groups is 2. The second kappa shape index (κ2) is 6.21. The average molecular weight is 559 g/mol. The number of aromatic nitrogens is 1. The van der Waals surface area contributed by atoms with E-state index in [-0.39, 0.29) is 45.5 Å². The zero-order chi connectivity index (χ0) is 20.2. The van der Waals surface area contributed by atoms with Gasteiger partial charge in [0.25, 0.3) is 0 Å². The summed E-state index contributed by atoms with van der Waals surface area (Å²) in [6, 6.07) is 3.66. The van der Waals surface area contributed by atoms with Crippen molar-refractivity contribution in [1.82, 2.24) is 4.98 Å². The molecule has 29 heavy (non-hydrogen) atoms. The van der Waals surface area contributed by atoms with Gasteiger partial charge in [0.05, 0.1) is 21.3 Å². The van der Waals surface area contributed by atoms with E-state index >= 15 is 0 Å². The van der Waals surface area contributed by atoms with Gasteiger partial charge in [-0.2, -0.15) is 0 Å². The number of cyclic esters (lactones) is 2. The van der Waals surface area contributed by atoms with Crippen molar-refractivity contribution >= 4 is 66.9 Å². The van der Waals surface area contributed by atoms with Crippen LogP contribution in [0.3, 0.4) is 0 Å². The summed E-state index contributed by atoms with van der Waals surface area (Å²) in [5, 5.41) is 11.8. The van der Waals surface area contributed by atoms with E-state index in [0.717, 1.165) is 37.7 Å². The highest BCUT2D eigenvalue weighted by Gasteiger charge is 2.69. The molecule has 1 saturated heterocycles. The highest BCUT2D eigenvalue weighted by Crippen LogP contribution is 2.68. The fourth-order valence-corrected chi connectivity index (χ4v) is 10.1. The Balaban J connectivity index is 1.56. The maximum atomic E-state index is 12.4. The summed E-state index contributed by atoms with van der Waals surface area (Å²) < 4.78 is 6.37. The number of H-pyrrole nitrogens is 1. The minimum absolute atomic E-state index is 0.00559. The minimum atomic E-state index is -0.414. The van der Waals surface area contributed by atoms with Gasteiger partial charge in [0.1, 0.15) is 5.75 Å². The number of esters is 2. The number of carbonyl (C=O) groups excluding carboxylic acids is 2. The van der Waals surface area contributed by atoms with Crippen LogP contribution in [0.1, 0.15) is 22.8 Å². The summed E-state index contributed by atoms with van der Waals surface area (Å²) in [6.45, 7) is 0. The molecule has 4 aliphatic rings. The van der Waals surface area contributed by atoms with E-state index in [1.807, 2.05) is 6.07 Å². The quantitative estimate of drug-likeness (QED) is 0.407. The van der Waals surface area contributed by atoms with E-state index in [4.69, 9.17) is 4.74 Å². The van der Waals surface area contributed by atoms with Crippen molar-refractivity contribution in [3.05, 3.63) is 41.2 Å². The molecule has 2 bridgehead atoms. The molecule has 6 rings (SSSR count). The first-order chi connectivity index (χ1) is 13.8. The molecule has 1 aromatic heterocycles. The highest BCUT2D eigenvalue weighted by molar-refractivity contribution is 9.11. The number of thiazole rings is 1. The standard InChI is InChI=1S/C19H13Br2NO5S2/c20-4-1-6(13(23)8(21)2-4)10-9-5-3-7(12-11(5)17(24)27-18(12)25)14(9)28-16-15(10)29-19(26)22-16/h1-2,5,7,9-12,14,23H,3H2,(H,22,26)/t5-,7+,9+,10+,11+,12+,14-/m0/s1. The number of phenolic OH excluding ortho intramolecular Hbond substituents is 1. The molecule has 2 N–H and O–H groups in total. The monoisotopic (exact) mass is 557 g/mol. The first-order valence-corrected chi connectivity index (χ1v) is 12.5. The van der Waals surface area contributed by atoms with Crippen molar-refractivity contribution in [2.24, 2.45) is 29.6 Å². The van der Waals surface area contributed by atoms with Gasteiger partial charge in [0.15, 0.2) is 0 Å². The van der Waals surface area contributed by atoms with Crippen molar-refractivity contribution in [1.29, 1.82) is 0 Å². The Kier molecular flexibility index (Phi) is 3.99. The Labute approximate surface area is 189 Å². The lowest BCUT2D eigenvalue weighted by molar-refractivity contribution is -0.154. The lowest BCUT2D eigenvalue weighted by Gasteiger charge is -2.42. The lowest BCUT2D eigenvalue weighted by Crippen LogP contribution is -2.42. The summed E-state index contributed by atoms with van der Waals surface area (Å²) in [4.78, 5) is 40.6. The second-order valence-corrected chi connectivity index (χ2v) is 12.0. The molecule has 2 aliphatic heterocycles. The van der Waals surface area contributed by atoms with Crippen molar-refractivity contribution in [3.63, 3.8) is 0 Å². The maximum Gasteiger partial charge on any atom is 0.317 e. The number of halogens is 2. The van der Waals surface area contributed by atoms with Crippen LogP contribution in [0.25, 0.3) is 0 Å². The molecule has 2 aromatic rings. The molecule has 1 aromatic carbocycles. The molecule has 3 heterocycles. The Bertz CT molecular complexity index is 1160. The van der Waals surface area contributed by atoms with Gasteiger partial charge in [-0.3, -0.25) is 14.4 Å². The average Bonchev–Trinajstić information content (AvgIpc) is 3.37. The van der Waals surface area contributed by atoms with E-state index in [2.05, 4.69) is 36.8 Å². The van der Waals surface area contributed by atoms with Gasteiger partial charge in [0.2, 0.25) is 0 Å². The topological polar surface area (TPSA) is 96.5 Å². The largest absolute Gasteiger partial charge is 0.506 e. The predicted molar refractivity (Wildman–Crippen MR) is 113 cm³/mol. The van der Waals surface area contributed by atoms with E-state index in [1.54, 1.807) is 17.8 Å². The molecule has 10 heteroatoms. The number of hydrogen-bond acceptors (Lipinski definition) is 7. The van der Waals surface area contributed by atoms with Crippen LogP contribution >= 0.6 is 55.0 Å². The lowest BCUT2D eigenvalue weighted by atomic mass is 9.68. The zero-order valence-electron chi connectivity index (χ0n) is 14.6. The summed E-state index contributed by atoms with van der Waals surface area (Å²) in [7, 11) is 0. The minimum Gasteiger partial charge on any atom is -0.506 e. The maximum absolute atomic E-state index is 12.4. The highest BCUT2D eigenvalue weighted by atomic mass is 79.9. The van der Waals surface area contributed by atoms with Crippen LogP contribution in [-0.4, -0.2) is 27.3 Å². The Morgan fingerprint density at radius 1 is 1.10 bits per heavy atom. The molecule has 0 radical (unpaired) electrons. The molecule has 150 valence electrons. The Morgan fingerprint density at radius 2 is 1.83 bits per heavy atom. The van der Waals surface area contributed by atoms with Crippen LogP contribution in [0.4, 0.5) is 0 Å². The summed E-state index contributed by atoms with van der Waals surface area (Å²) >= 11 is 9.69. The van der Waals surface area contributed by atoms with Crippen LogP contribution in [0.15, 0.2) is 30.9 Å². The molecule has 2 aliphatic carbocycles. The fourth-order valence-electron chi connectivity index (χ4n) is 5.99. The number of thioether (sulfide) groups is 1. The van der Waals surface area contributed by atoms with Crippen LogP contribution in [-0.2, 0) is 14.3 Å². The number of ether oxygens (including phenoxy) is 1. The van der Waals surface area contributed by atoms with Crippen molar-refractivity contribution in [2.45, 2.75) is 22.6 Å². The van der Waals surface area contributed by atoms with Gasteiger partial charge < -0.3 is 14.8 Å².